The predicted molar refractivity (Wildman–Crippen MR) is 82.3 cm³/mol. The average Bonchev–Trinajstić information content (AvgIpc) is 2.77. The van der Waals surface area contributed by atoms with Gasteiger partial charge in [-0.15, -0.1) is 0 Å². The van der Waals surface area contributed by atoms with Gasteiger partial charge in [0, 0.05) is 18.3 Å². The van der Waals surface area contributed by atoms with Crippen LogP contribution >= 0.6 is 0 Å². The van der Waals surface area contributed by atoms with Crippen LogP contribution in [0.2, 0.25) is 0 Å². The molecule has 2 aromatic carbocycles. The molecule has 3 rings (SSSR count). The second-order valence-corrected chi connectivity index (χ2v) is 4.91. The van der Waals surface area contributed by atoms with E-state index in [1.54, 1.807) is 31.2 Å². The first-order valence-corrected chi connectivity index (χ1v) is 6.58. The molecule has 0 aliphatic rings. The van der Waals surface area contributed by atoms with Crippen molar-refractivity contribution in [2.24, 2.45) is 0 Å². The van der Waals surface area contributed by atoms with Crippen LogP contribution in [0.3, 0.4) is 0 Å². The van der Waals surface area contributed by atoms with Crippen LogP contribution in [-0.4, -0.2) is 10.9 Å². The standard InChI is InChI=1S/C16H15N3O2/c1-9-4-3-5-12(17)15(9)16(20)19-11-6-7-14-13(8-11)18-10(2)21-14/h3-8H,17H2,1-2H3,(H,19,20). The van der Waals surface area contributed by atoms with Gasteiger partial charge in [0.1, 0.15) is 5.52 Å². The Bertz CT molecular complexity index is 816. The molecule has 0 atom stereocenters. The Morgan fingerprint density at radius 1 is 1.24 bits per heavy atom. The van der Waals surface area contributed by atoms with Gasteiger partial charge in [0.15, 0.2) is 11.5 Å². The number of amides is 1. The van der Waals surface area contributed by atoms with Gasteiger partial charge in [0.05, 0.1) is 5.56 Å². The summed E-state index contributed by atoms with van der Waals surface area (Å²) in [5.74, 6) is 0.363. The van der Waals surface area contributed by atoms with E-state index < -0.39 is 0 Å². The van der Waals surface area contributed by atoms with Crippen molar-refractivity contribution in [2.75, 3.05) is 11.1 Å². The van der Waals surface area contributed by atoms with Crippen molar-refractivity contribution in [2.45, 2.75) is 13.8 Å². The summed E-state index contributed by atoms with van der Waals surface area (Å²) in [6, 6.07) is 10.7. The fourth-order valence-corrected chi connectivity index (χ4v) is 2.31. The number of nitrogen functional groups attached to an aromatic ring is 1. The van der Waals surface area contributed by atoms with Gasteiger partial charge in [-0.2, -0.15) is 0 Å². The first-order chi connectivity index (χ1) is 10.0. The Kier molecular flexibility index (Phi) is 3.10. The van der Waals surface area contributed by atoms with Crippen molar-refractivity contribution < 1.29 is 9.21 Å². The Morgan fingerprint density at radius 3 is 2.81 bits per heavy atom. The minimum atomic E-state index is -0.231. The first-order valence-electron chi connectivity index (χ1n) is 6.58. The molecule has 0 spiro atoms. The lowest BCUT2D eigenvalue weighted by atomic mass is 10.1. The van der Waals surface area contributed by atoms with Crippen LogP contribution in [0.1, 0.15) is 21.8 Å². The fraction of sp³-hybridized carbons (Fsp3) is 0.125. The monoisotopic (exact) mass is 281 g/mol. The number of hydrogen-bond acceptors (Lipinski definition) is 4. The van der Waals surface area contributed by atoms with Crippen molar-refractivity contribution in [1.29, 1.82) is 0 Å². The van der Waals surface area contributed by atoms with Crippen LogP contribution < -0.4 is 11.1 Å². The number of nitrogens with two attached hydrogens (primary N) is 1. The number of hydrogen-bond donors (Lipinski definition) is 2. The summed E-state index contributed by atoms with van der Waals surface area (Å²) >= 11 is 0. The second kappa shape index (κ2) is 4.94. The van der Waals surface area contributed by atoms with Gasteiger partial charge in [-0.25, -0.2) is 4.98 Å². The number of benzene rings is 2. The molecule has 0 saturated heterocycles. The van der Waals surface area contributed by atoms with E-state index in [0.717, 1.165) is 5.56 Å². The van der Waals surface area contributed by atoms with E-state index in [1.165, 1.54) is 0 Å². The molecule has 5 heteroatoms. The fourth-order valence-electron chi connectivity index (χ4n) is 2.31. The first kappa shape index (κ1) is 13.2. The average molecular weight is 281 g/mol. The topological polar surface area (TPSA) is 81.2 Å². The molecule has 0 fully saturated rings. The third-order valence-electron chi connectivity index (χ3n) is 3.28. The molecule has 0 aliphatic heterocycles. The van der Waals surface area contributed by atoms with Crippen LogP contribution in [-0.2, 0) is 0 Å². The minimum absolute atomic E-state index is 0.231. The molecule has 1 amide bonds. The number of fused-ring (bicyclic) bond motifs is 1. The molecule has 5 nitrogen and oxygen atoms in total. The van der Waals surface area contributed by atoms with Crippen LogP contribution in [0.4, 0.5) is 11.4 Å². The van der Waals surface area contributed by atoms with E-state index >= 15 is 0 Å². The predicted octanol–water partition coefficient (Wildman–Crippen LogP) is 3.28. The molecule has 0 bridgehead atoms. The van der Waals surface area contributed by atoms with Crippen LogP contribution in [0.5, 0.6) is 0 Å². The number of aryl methyl sites for hydroxylation is 2. The molecule has 1 aromatic heterocycles. The number of aromatic nitrogens is 1. The summed E-state index contributed by atoms with van der Waals surface area (Å²) < 4.78 is 5.41. The zero-order chi connectivity index (χ0) is 15.0. The maximum Gasteiger partial charge on any atom is 0.258 e. The number of anilines is 2. The zero-order valence-corrected chi connectivity index (χ0v) is 11.8. The molecule has 1 heterocycles. The Balaban J connectivity index is 1.92. The van der Waals surface area contributed by atoms with Crippen molar-refractivity contribution in [3.63, 3.8) is 0 Å². The van der Waals surface area contributed by atoms with Crippen molar-refractivity contribution in [3.05, 3.63) is 53.4 Å². The van der Waals surface area contributed by atoms with Crippen molar-refractivity contribution in [3.8, 4) is 0 Å². The smallest absolute Gasteiger partial charge is 0.258 e. The number of nitrogens with one attached hydrogen (secondary N) is 1. The van der Waals surface area contributed by atoms with E-state index in [4.69, 9.17) is 10.2 Å². The molecule has 3 N–H and O–H groups in total. The number of carbonyl (C=O) groups excluding carboxylic acids is 1. The summed E-state index contributed by atoms with van der Waals surface area (Å²) in [7, 11) is 0. The SMILES string of the molecule is Cc1nc2cc(NC(=O)c3c(C)cccc3N)ccc2o1. The molecule has 21 heavy (non-hydrogen) atoms. The summed E-state index contributed by atoms with van der Waals surface area (Å²) in [5, 5.41) is 2.84. The van der Waals surface area contributed by atoms with Gasteiger partial charge in [-0.3, -0.25) is 4.79 Å². The lowest BCUT2D eigenvalue weighted by Crippen LogP contribution is -2.15. The lowest BCUT2D eigenvalue weighted by molar-refractivity contribution is 0.102. The summed E-state index contributed by atoms with van der Waals surface area (Å²) in [5.41, 5.74) is 9.74. The van der Waals surface area contributed by atoms with Gasteiger partial charge < -0.3 is 15.5 Å². The number of rotatable bonds is 2. The molecular weight excluding hydrogens is 266 g/mol. The zero-order valence-electron chi connectivity index (χ0n) is 11.8. The summed E-state index contributed by atoms with van der Waals surface area (Å²) in [6.07, 6.45) is 0. The van der Waals surface area contributed by atoms with Gasteiger partial charge in [0.25, 0.3) is 5.91 Å². The number of oxazole rings is 1. The normalized spacial score (nSPS) is 10.8. The third kappa shape index (κ3) is 2.45. The highest BCUT2D eigenvalue weighted by Crippen LogP contribution is 2.22. The Labute approximate surface area is 121 Å². The number of carbonyl (C=O) groups is 1. The molecule has 0 aliphatic carbocycles. The highest BCUT2D eigenvalue weighted by atomic mass is 16.3. The Morgan fingerprint density at radius 2 is 2.05 bits per heavy atom. The van der Waals surface area contributed by atoms with Crippen LogP contribution in [0.25, 0.3) is 11.1 Å². The van der Waals surface area contributed by atoms with Gasteiger partial charge in [-0.05, 0) is 36.8 Å². The molecule has 0 saturated carbocycles. The van der Waals surface area contributed by atoms with E-state index in [9.17, 15) is 4.79 Å². The van der Waals surface area contributed by atoms with Crippen LogP contribution in [0.15, 0.2) is 40.8 Å². The van der Waals surface area contributed by atoms with Gasteiger partial charge >= 0.3 is 0 Å². The van der Waals surface area contributed by atoms with E-state index in [-0.39, 0.29) is 5.91 Å². The molecule has 3 aromatic rings. The second-order valence-electron chi connectivity index (χ2n) is 4.91. The van der Waals surface area contributed by atoms with Gasteiger partial charge in [-0.1, -0.05) is 12.1 Å². The highest BCUT2D eigenvalue weighted by Gasteiger charge is 2.13. The largest absolute Gasteiger partial charge is 0.441 e. The molecule has 0 radical (unpaired) electrons. The van der Waals surface area contributed by atoms with Gasteiger partial charge in [0.2, 0.25) is 0 Å². The highest BCUT2D eigenvalue weighted by molar-refractivity contribution is 6.09. The third-order valence-corrected chi connectivity index (χ3v) is 3.28. The van der Waals surface area contributed by atoms with Crippen molar-refractivity contribution >= 4 is 28.4 Å². The maximum atomic E-state index is 12.4. The quantitative estimate of drug-likeness (QED) is 0.706. The lowest BCUT2D eigenvalue weighted by Gasteiger charge is -2.10. The van der Waals surface area contributed by atoms with Crippen LogP contribution in [0, 0.1) is 13.8 Å². The number of nitrogens with zero attached hydrogens (tertiary/aromatic N) is 1. The summed E-state index contributed by atoms with van der Waals surface area (Å²) in [6.45, 7) is 3.64. The maximum absolute atomic E-state index is 12.4. The van der Waals surface area contributed by atoms with E-state index in [1.807, 2.05) is 19.1 Å². The Hall–Kier alpha value is -2.82. The van der Waals surface area contributed by atoms with Crippen molar-refractivity contribution in [1.82, 2.24) is 4.98 Å². The van der Waals surface area contributed by atoms with E-state index in [2.05, 4.69) is 10.3 Å². The minimum Gasteiger partial charge on any atom is -0.441 e. The van der Waals surface area contributed by atoms with E-state index in [0.29, 0.717) is 33.9 Å². The summed E-state index contributed by atoms with van der Waals surface area (Å²) in [4.78, 5) is 16.6. The molecule has 0 unspecified atom stereocenters. The molecular formula is C16H15N3O2. The molecule has 106 valence electrons.